The Hall–Kier alpha value is -3.58. The number of rotatable bonds is 13. The fourth-order valence-corrected chi connectivity index (χ4v) is 5.93. The Balaban J connectivity index is 1.54. The van der Waals surface area contributed by atoms with E-state index >= 15 is 0 Å². The van der Waals surface area contributed by atoms with Gasteiger partial charge in [-0.15, -0.1) is 0 Å². The number of nitrogens with zero attached hydrogens (tertiary/aromatic N) is 2. The lowest BCUT2D eigenvalue weighted by atomic mass is 9.85. The van der Waals surface area contributed by atoms with E-state index in [2.05, 4.69) is 24.1 Å². The van der Waals surface area contributed by atoms with Gasteiger partial charge in [0.05, 0.1) is 22.8 Å². The van der Waals surface area contributed by atoms with Gasteiger partial charge >= 0.3 is 5.97 Å². The van der Waals surface area contributed by atoms with E-state index in [0.29, 0.717) is 35.0 Å². The van der Waals surface area contributed by atoms with Crippen molar-refractivity contribution >= 4 is 28.6 Å². The second-order valence-corrected chi connectivity index (χ2v) is 12.6. The van der Waals surface area contributed by atoms with Crippen LogP contribution in [0.5, 0.6) is 0 Å². The van der Waals surface area contributed by atoms with Gasteiger partial charge in [-0.05, 0) is 70.2 Å². The molecule has 7 heteroatoms. The second kappa shape index (κ2) is 14.5. The quantitative estimate of drug-likeness (QED) is 0.233. The summed E-state index contributed by atoms with van der Waals surface area (Å²) in [5, 5.41) is 3.72. The SMILES string of the molecule is CN(C)CC(C)(C)CCC(=O)C(CCC(=O)OC1CCCCC1)NC(=O)c1cc(-c2ccccc2)nc2ccccc12. The molecule has 2 aromatic carbocycles. The van der Waals surface area contributed by atoms with Gasteiger partial charge in [0.25, 0.3) is 5.91 Å². The lowest BCUT2D eigenvalue weighted by Gasteiger charge is -2.29. The number of aromatic nitrogens is 1. The van der Waals surface area contributed by atoms with E-state index in [-0.39, 0.29) is 42.0 Å². The van der Waals surface area contributed by atoms with Crippen LogP contribution in [0.1, 0.15) is 82.0 Å². The Kier molecular flexibility index (Phi) is 10.9. The molecule has 1 atom stereocenters. The molecule has 42 heavy (non-hydrogen) atoms. The van der Waals surface area contributed by atoms with Gasteiger partial charge in [0.1, 0.15) is 6.10 Å². The van der Waals surface area contributed by atoms with Crippen LogP contribution in [0.25, 0.3) is 22.2 Å². The molecule has 1 amide bonds. The first-order chi connectivity index (χ1) is 20.1. The molecular formula is C35H45N3O4. The molecule has 1 aromatic heterocycles. The minimum atomic E-state index is -0.793. The van der Waals surface area contributed by atoms with Crippen molar-refractivity contribution in [1.82, 2.24) is 15.2 Å². The lowest BCUT2D eigenvalue weighted by molar-refractivity contribution is -0.150. The average Bonchev–Trinajstić information content (AvgIpc) is 2.97. The first-order valence-corrected chi connectivity index (χ1v) is 15.2. The highest BCUT2D eigenvalue weighted by molar-refractivity contribution is 6.08. The lowest BCUT2D eigenvalue weighted by Crippen LogP contribution is -2.42. The van der Waals surface area contributed by atoms with Crippen LogP contribution >= 0.6 is 0 Å². The van der Waals surface area contributed by atoms with Crippen molar-refractivity contribution in [1.29, 1.82) is 0 Å². The number of carbonyl (C=O) groups is 3. The Morgan fingerprint density at radius 1 is 0.976 bits per heavy atom. The Morgan fingerprint density at radius 2 is 1.67 bits per heavy atom. The number of nitrogens with one attached hydrogen (secondary N) is 1. The van der Waals surface area contributed by atoms with Crippen LogP contribution in [0.3, 0.4) is 0 Å². The second-order valence-electron chi connectivity index (χ2n) is 12.6. The summed E-state index contributed by atoms with van der Waals surface area (Å²) in [6, 6.07) is 18.2. The molecule has 4 rings (SSSR count). The number of pyridine rings is 1. The number of amides is 1. The summed E-state index contributed by atoms with van der Waals surface area (Å²) >= 11 is 0. The van der Waals surface area contributed by atoms with Crippen LogP contribution < -0.4 is 5.32 Å². The smallest absolute Gasteiger partial charge is 0.306 e. The number of benzene rings is 2. The van der Waals surface area contributed by atoms with E-state index < -0.39 is 6.04 Å². The maximum atomic E-state index is 13.9. The molecule has 1 fully saturated rings. The van der Waals surface area contributed by atoms with Gasteiger partial charge in [0.2, 0.25) is 0 Å². The minimum Gasteiger partial charge on any atom is -0.462 e. The monoisotopic (exact) mass is 571 g/mol. The van der Waals surface area contributed by atoms with Crippen LogP contribution in [-0.2, 0) is 14.3 Å². The Bertz CT molecular complexity index is 1360. The van der Waals surface area contributed by atoms with Gasteiger partial charge in [-0.25, -0.2) is 4.98 Å². The molecule has 0 radical (unpaired) electrons. The summed E-state index contributed by atoms with van der Waals surface area (Å²) in [6.07, 6.45) is 6.35. The molecule has 1 aliphatic carbocycles. The van der Waals surface area contributed by atoms with Crippen LogP contribution in [-0.4, -0.2) is 60.3 Å². The normalized spacial score (nSPS) is 15.0. The van der Waals surface area contributed by atoms with E-state index in [0.717, 1.165) is 37.8 Å². The first-order valence-electron chi connectivity index (χ1n) is 15.2. The largest absolute Gasteiger partial charge is 0.462 e. The van der Waals surface area contributed by atoms with Gasteiger partial charge in [-0.1, -0.05) is 68.8 Å². The zero-order valence-corrected chi connectivity index (χ0v) is 25.5. The summed E-state index contributed by atoms with van der Waals surface area (Å²) in [6.45, 7) is 5.13. The molecular weight excluding hydrogens is 526 g/mol. The van der Waals surface area contributed by atoms with E-state index in [9.17, 15) is 14.4 Å². The highest BCUT2D eigenvalue weighted by Crippen LogP contribution is 2.27. The van der Waals surface area contributed by atoms with Crippen molar-refractivity contribution in [3.8, 4) is 11.3 Å². The predicted octanol–water partition coefficient (Wildman–Crippen LogP) is 6.59. The summed E-state index contributed by atoms with van der Waals surface area (Å²) in [5.41, 5.74) is 2.67. The zero-order valence-electron chi connectivity index (χ0n) is 25.5. The molecule has 1 aliphatic rings. The van der Waals surface area contributed by atoms with Gasteiger partial charge in [0, 0.05) is 30.3 Å². The van der Waals surface area contributed by atoms with Gasteiger partial charge in [-0.3, -0.25) is 14.4 Å². The summed E-state index contributed by atoms with van der Waals surface area (Å²) in [4.78, 5) is 47.1. The average molecular weight is 572 g/mol. The van der Waals surface area contributed by atoms with Gasteiger partial charge in [-0.2, -0.15) is 0 Å². The Morgan fingerprint density at radius 3 is 2.38 bits per heavy atom. The molecule has 0 saturated heterocycles. The summed E-state index contributed by atoms with van der Waals surface area (Å²) in [5.74, 6) is -0.720. The third-order valence-corrected chi connectivity index (χ3v) is 8.00. The van der Waals surface area contributed by atoms with Crippen molar-refractivity contribution < 1.29 is 19.1 Å². The van der Waals surface area contributed by atoms with Crippen LogP contribution in [0.15, 0.2) is 60.7 Å². The van der Waals surface area contributed by atoms with E-state index in [1.807, 2.05) is 68.7 Å². The minimum absolute atomic E-state index is 0.0404. The number of ether oxygens (including phenoxy) is 1. The number of hydrogen-bond acceptors (Lipinski definition) is 6. The predicted molar refractivity (Wildman–Crippen MR) is 167 cm³/mol. The first kappa shape index (κ1) is 31.4. The summed E-state index contributed by atoms with van der Waals surface area (Å²) < 4.78 is 5.71. The number of esters is 1. The molecule has 1 N–H and O–H groups in total. The van der Waals surface area contributed by atoms with Crippen LogP contribution in [0, 0.1) is 5.41 Å². The van der Waals surface area contributed by atoms with Crippen molar-refractivity contribution in [2.75, 3.05) is 20.6 Å². The molecule has 3 aromatic rings. The molecule has 0 bridgehead atoms. The fourth-order valence-electron chi connectivity index (χ4n) is 5.93. The summed E-state index contributed by atoms with van der Waals surface area (Å²) in [7, 11) is 4.04. The highest BCUT2D eigenvalue weighted by atomic mass is 16.5. The third-order valence-electron chi connectivity index (χ3n) is 8.00. The topological polar surface area (TPSA) is 88.6 Å². The maximum absolute atomic E-state index is 13.9. The number of fused-ring (bicyclic) bond motifs is 1. The standard InChI is InChI=1S/C35H45N3O4/c1-35(2,24-38(3)4)22-21-32(39)30(19-20-33(40)42-26-15-9-6-10-16-26)37-34(41)28-23-31(25-13-7-5-8-14-25)36-29-18-12-11-17-27(28)29/h5,7-8,11-14,17-18,23,26,30H,6,9-10,15-16,19-22,24H2,1-4H3,(H,37,41). The molecule has 7 nitrogen and oxygen atoms in total. The number of carbonyl (C=O) groups excluding carboxylic acids is 3. The molecule has 1 unspecified atom stereocenters. The van der Waals surface area contributed by atoms with E-state index in [4.69, 9.17) is 9.72 Å². The van der Waals surface area contributed by atoms with Crippen molar-refractivity contribution in [3.63, 3.8) is 0 Å². The van der Waals surface area contributed by atoms with Crippen molar-refractivity contribution in [2.45, 2.75) is 83.8 Å². The van der Waals surface area contributed by atoms with Gasteiger partial charge < -0.3 is 15.0 Å². The maximum Gasteiger partial charge on any atom is 0.306 e. The van der Waals surface area contributed by atoms with Crippen LogP contribution in [0.4, 0.5) is 0 Å². The molecule has 224 valence electrons. The number of hydrogen-bond donors (Lipinski definition) is 1. The zero-order chi connectivity index (χ0) is 30.1. The third kappa shape index (κ3) is 8.96. The van der Waals surface area contributed by atoms with Crippen molar-refractivity contribution in [3.05, 3.63) is 66.2 Å². The molecule has 0 spiro atoms. The van der Waals surface area contributed by atoms with Gasteiger partial charge in [0.15, 0.2) is 5.78 Å². The van der Waals surface area contributed by atoms with E-state index in [1.165, 1.54) is 6.42 Å². The Labute approximate surface area is 250 Å². The van der Waals surface area contributed by atoms with Crippen molar-refractivity contribution in [2.24, 2.45) is 5.41 Å². The van der Waals surface area contributed by atoms with E-state index in [1.54, 1.807) is 6.07 Å². The number of Topliss-reactive ketones (excluding diaryl/α,β-unsaturated/α-hetero) is 1. The fraction of sp³-hybridized carbons (Fsp3) is 0.486. The molecule has 0 aliphatic heterocycles. The molecule has 1 saturated carbocycles. The highest BCUT2D eigenvalue weighted by Gasteiger charge is 2.28. The molecule has 1 heterocycles. The number of ketones is 1. The number of para-hydroxylation sites is 1. The van der Waals surface area contributed by atoms with Crippen LogP contribution in [0.2, 0.25) is 0 Å².